The van der Waals surface area contributed by atoms with Gasteiger partial charge in [-0.2, -0.15) is 5.26 Å². The van der Waals surface area contributed by atoms with Crippen LogP contribution in [0.4, 0.5) is 13.9 Å². The number of aryl methyl sites for hydroxylation is 1. The first kappa shape index (κ1) is 17.9. The number of thiazole rings is 1. The van der Waals surface area contributed by atoms with E-state index in [2.05, 4.69) is 16.4 Å². The highest BCUT2D eigenvalue weighted by Crippen LogP contribution is 2.42. The number of aromatic nitrogens is 1. The molecule has 6 nitrogen and oxygen atoms in total. The highest BCUT2D eigenvalue weighted by atomic mass is 32.1. The van der Waals surface area contributed by atoms with Crippen molar-refractivity contribution in [1.82, 2.24) is 4.98 Å². The molecule has 0 saturated carbocycles. The van der Waals surface area contributed by atoms with Crippen LogP contribution in [-0.2, 0) is 0 Å². The molecule has 0 radical (unpaired) electrons. The van der Waals surface area contributed by atoms with E-state index >= 15 is 0 Å². The van der Waals surface area contributed by atoms with Gasteiger partial charge in [0.1, 0.15) is 23.3 Å². The van der Waals surface area contributed by atoms with Crippen LogP contribution in [0.25, 0.3) is 10.4 Å². The van der Waals surface area contributed by atoms with Gasteiger partial charge < -0.3 is 9.47 Å². The number of ether oxygens (including phenoxy) is 2. The second-order valence-electron chi connectivity index (χ2n) is 5.85. The molecular weight excluding hydrogens is 388 g/mol. The summed E-state index contributed by atoms with van der Waals surface area (Å²) < 4.78 is 38.2. The van der Waals surface area contributed by atoms with Gasteiger partial charge in [0.05, 0.1) is 16.1 Å². The Hall–Kier alpha value is -3.51. The van der Waals surface area contributed by atoms with E-state index in [0.717, 1.165) is 23.5 Å². The first-order valence-electron chi connectivity index (χ1n) is 8.05. The van der Waals surface area contributed by atoms with Crippen LogP contribution in [0.15, 0.2) is 30.3 Å². The van der Waals surface area contributed by atoms with E-state index in [4.69, 9.17) is 9.47 Å². The predicted octanol–water partition coefficient (Wildman–Crippen LogP) is 4.25. The predicted molar refractivity (Wildman–Crippen MR) is 97.4 cm³/mol. The van der Waals surface area contributed by atoms with Gasteiger partial charge in [-0.15, -0.1) is 0 Å². The minimum absolute atomic E-state index is 0.0324. The highest BCUT2D eigenvalue weighted by Gasteiger charge is 2.23. The Bertz CT molecular complexity index is 1130. The van der Waals surface area contributed by atoms with Crippen molar-refractivity contribution in [3.63, 3.8) is 0 Å². The molecule has 2 aromatic carbocycles. The summed E-state index contributed by atoms with van der Waals surface area (Å²) >= 11 is 1.12. The minimum atomic E-state index is -0.958. The standard InChI is InChI=1S/C19H11F2N3O3S/c1-9-17(10-5-11(7-22)16-14(6-10)26-8-27-16)28-19(23-9)24-18(25)15-12(20)3-2-4-13(15)21/h2-6H,8H2,1H3,(H,23,24,25). The number of hydrogen-bond acceptors (Lipinski definition) is 6. The molecule has 1 aliphatic heterocycles. The number of anilines is 1. The number of nitriles is 1. The molecule has 2 heterocycles. The molecule has 1 N–H and O–H groups in total. The molecular formula is C19H11F2N3O3S. The van der Waals surface area contributed by atoms with Gasteiger partial charge in [-0.05, 0) is 36.8 Å². The lowest BCUT2D eigenvalue weighted by molar-refractivity contribution is 0.101. The lowest BCUT2D eigenvalue weighted by Gasteiger charge is -2.04. The van der Waals surface area contributed by atoms with Gasteiger partial charge in [-0.3, -0.25) is 10.1 Å². The number of carbonyl (C=O) groups is 1. The molecule has 0 unspecified atom stereocenters. The SMILES string of the molecule is Cc1nc(NC(=O)c2c(F)cccc2F)sc1-c1cc(C#N)c2c(c1)OCO2. The first-order chi connectivity index (χ1) is 13.5. The Labute approximate surface area is 162 Å². The van der Waals surface area contributed by atoms with Crippen molar-refractivity contribution in [2.75, 3.05) is 12.1 Å². The number of fused-ring (bicyclic) bond motifs is 1. The maximum absolute atomic E-state index is 13.8. The van der Waals surface area contributed by atoms with Gasteiger partial charge in [-0.25, -0.2) is 13.8 Å². The number of nitrogens with one attached hydrogen (secondary N) is 1. The van der Waals surface area contributed by atoms with Gasteiger partial charge in [0.15, 0.2) is 16.6 Å². The average molecular weight is 399 g/mol. The second kappa shape index (κ2) is 6.90. The van der Waals surface area contributed by atoms with Crippen LogP contribution >= 0.6 is 11.3 Å². The summed E-state index contributed by atoms with van der Waals surface area (Å²) in [5.74, 6) is -2.02. The third-order valence-electron chi connectivity index (χ3n) is 4.06. The zero-order chi connectivity index (χ0) is 19.8. The summed E-state index contributed by atoms with van der Waals surface area (Å²) in [7, 11) is 0. The number of amides is 1. The Morgan fingerprint density at radius 2 is 2.04 bits per heavy atom. The summed E-state index contributed by atoms with van der Waals surface area (Å²) in [6.07, 6.45) is 0. The maximum atomic E-state index is 13.8. The molecule has 1 amide bonds. The van der Waals surface area contributed by atoms with E-state index in [1.54, 1.807) is 19.1 Å². The summed E-state index contributed by atoms with van der Waals surface area (Å²) in [6, 6.07) is 8.60. The quantitative estimate of drug-likeness (QED) is 0.712. The first-order valence-corrected chi connectivity index (χ1v) is 8.86. The molecule has 0 fully saturated rings. The van der Waals surface area contributed by atoms with Crippen molar-refractivity contribution in [2.24, 2.45) is 0 Å². The van der Waals surface area contributed by atoms with Crippen molar-refractivity contribution in [3.05, 3.63) is 58.8 Å². The van der Waals surface area contributed by atoms with E-state index in [0.29, 0.717) is 33.2 Å². The van der Waals surface area contributed by atoms with Crippen LogP contribution < -0.4 is 14.8 Å². The average Bonchev–Trinajstić information content (AvgIpc) is 3.26. The fraction of sp³-hybridized carbons (Fsp3) is 0.105. The van der Waals surface area contributed by atoms with Crippen molar-refractivity contribution >= 4 is 22.4 Å². The lowest BCUT2D eigenvalue weighted by Crippen LogP contribution is -2.15. The van der Waals surface area contributed by atoms with E-state index in [9.17, 15) is 18.8 Å². The molecule has 1 aromatic heterocycles. The van der Waals surface area contributed by atoms with Crippen molar-refractivity contribution in [3.8, 4) is 28.0 Å². The zero-order valence-corrected chi connectivity index (χ0v) is 15.2. The Kier molecular flexibility index (Phi) is 4.41. The van der Waals surface area contributed by atoms with Crippen LogP contribution in [0, 0.1) is 29.9 Å². The number of hydrogen-bond donors (Lipinski definition) is 1. The molecule has 4 rings (SSSR count). The molecule has 0 saturated heterocycles. The molecule has 0 atom stereocenters. The molecule has 28 heavy (non-hydrogen) atoms. The van der Waals surface area contributed by atoms with Gasteiger partial charge in [0.2, 0.25) is 6.79 Å². The fourth-order valence-electron chi connectivity index (χ4n) is 2.82. The minimum Gasteiger partial charge on any atom is -0.454 e. The molecule has 140 valence electrons. The second-order valence-corrected chi connectivity index (χ2v) is 6.85. The van der Waals surface area contributed by atoms with Gasteiger partial charge in [0.25, 0.3) is 5.91 Å². The van der Waals surface area contributed by atoms with E-state index in [1.807, 2.05) is 0 Å². The third kappa shape index (κ3) is 3.04. The molecule has 9 heteroatoms. The van der Waals surface area contributed by atoms with E-state index in [-0.39, 0.29) is 11.9 Å². The van der Waals surface area contributed by atoms with Crippen LogP contribution in [0.1, 0.15) is 21.6 Å². The summed E-state index contributed by atoms with van der Waals surface area (Å²) in [4.78, 5) is 17.2. The van der Waals surface area contributed by atoms with Crippen molar-refractivity contribution < 1.29 is 23.0 Å². The van der Waals surface area contributed by atoms with Crippen LogP contribution in [0.2, 0.25) is 0 Å². The van der Waals surface area contributed by atoms with Crippen LogP contribution in [-0.4, -0.2) is 17.7 Å². The number of nitrogens with zero attached hydrogens (tertiary/aromatic N) is 2. The van der Waals surface area contributed by atoms with Crippen molar-refractivity contribution in [2.45, 2.75) is 6.92 Å². The van der Waals surface area contributed by atoms with Crippen molar-refractivity contribution in [1.29, 1.82) is 5.26 Å². The Morgan fingerprint density at radius 3 is 2.75 bits per heavy atom. The normalized spacial score (nSPS) is 11.9. The topological polar surface area (TPSA) is 84.2 Å². The monoisotopic (exact) mass is 399 g/mol. The van der Waals surface area contributed by atoms with Crippen LogP contribution in [0.3, 0.4) is 0 Å². The third-order valence-corrected chi connectivity index (χ3v) is 5.18. The molecule has 0 aliphatic carbocycles. The van der Waals surface area contributed by atoms with Gasteiger partial charge in [0, 0.05) is 0 Å². The Morgan fingerprint density at radius 1 is 1.29 bits per heavy atom. The number of halogens is 2. The van der Waals surface area contributed by atoms with Gasteiger partial charge in [-0.1, -0.05) is 17.4 Å². The lowest BCUT2D eigenvalue weighted by atomic mass is 10.1. The smallest absolute Gasteiger partial charge is 0.263 e. The largest absolute Gasteiger partial charge is 0.454 e. The molecule has 0 spiro atoms. The number of rotatable bonds is 3. The number of benzene rings is 2. The summed E-state index contributed by atoms with van der Waals surface area (Å²) in [5, 5.41) is 11.9. The maximum Gasteiger partial charge on any atom is 0.263 e. The summed E-state index contributed by atoms with van der Waals surface area (Å²) in [6.45, 7) is 1.76. The molecule has 3 aromatic rings. The number of carbonyl (C=O) groups excluding carboxylic acids is 1. The fourth-order valence-corrected chi connectivity index (χ4v) is 3.77. The summed E-state index contributed by atoms with van der Waals surface area (Å²) in [5.41, 5.74) is 0.883. The highest BCUT2D eigenvalue weighted by molar-refractivity contribution is 7.19. The molecule has 1 aliphatic rings. The van der Waals surface area contributed by atoms with Crippen LogP contribution in [0.5, 0.6) is 11.5 Å². The van der Waals surface area contributed by atoms with E-state index < -0.39 is 23.1 Å². The van der Waals surface area contributed by atoms with Gasteiger partial charge >= 0.3 is 0 Å². The van der Waals surface area contributed by atoms with E-state index in [1.165, 1.54) is 6.07 Å². The zero-order valence-electron chi connectivity index (χ0n) is 14.4. The molecule has 0 bridgehead atoms. The Balaban J connectivity index is 1.67.